The Labute approximate surface area is 97.9 Å². The summed E-state index contributed by atoms with van der Waals surface area (Å²) in [6.07, 6.45) is 3.59. The van der Waals surface area contributed by atoms with Crippen molar-refractivity contribution in [2.45, 2.75) is 46.0 Å². The first-order valence-electron chi connectivity index (χ1n) is 5.81. The second-order valence-corrected chi connectivity index (χ2v) is 4.55. The van der Waals surface area contributed by atoms with Crippen molar-refractivity contribution < 1.29 is 0 Å². The standard InChI is InChI=1S/C13H20ClN/c1-4-7-11(10(3)5-2)12-8-6-9-13(14)15-12/h6,8-11H,4-5,7H2,1-3H3. The van der Waals surface area contributed by atoms with E-state index in [0.717, 1.165) is 5.69 Å². The predicted octanol–water partition coefficient (Wildman–Crippen LogP) is 4.66. The minimum absolute atomic E-state index is 0.554. The lowest BCUT2D eigenvalue weighted by molar-refractivity contribution is 0.411. The Bertz CT molecular complexity index is 298. The second-order valence-electron chi connectivity index (χ2n) is 4.17. The minimum atomic E-state index is 0.554. The normalized spacial score (nSPS) is 14.9. The quantitative estimate of drug-likeness (QED) is 0.664. The molecular weight excluding hydrogens is 206 g/mol. The van der Waals surface area contributed by atoms with E-state index >= 15 is 0 Å². The maximum absolute atomic E-state index is 5.93. The number of aromatic nitrogens is 1. The van der Waals surface area contributed by atoms with Crippen molar-refractivity contribution in [2.75, 3.05) is 0 Å². The molecule has 0 radical (unpaired) electrons. The van der Waals surface area contributed by atoms with Crippen LogP contribution in [0.2, 0.25) is 5.15 Å². The van der Waals surface area contributed by atoms with Gasteiger partial charge in [-0.1, -0.05) is 51.3 Å². The number of pyridine rings is 1. The summed E-state index contributed by atoms with van der Waals surface area (Å²) in [7, 11) is 0. The van der Waals surface area contributed by atoms with E-state index < -0.39 is 0 Å². The van der Waals surface area contributed by atoms with Gasteiger partial charge in [-0.05, 0) is 24.5 Å². The van der Waals surface area contributed by atoms with Gasteiger partial charge in [0.15, 0.2) is 0 Å². The molecule has 0 aliphatic rings. The van der Waals surface area contributed by atoms with Gasteiger partial charge in [0.25, 0.3) is 0 Å². The van der Waals surface area contributed by atoms with Gasteiger partial charge in [0.05, 0.1) is 0 Å². The molecule has 1 nitrogen and oxygen atoms in total. The number of nitrogens with zero attached hydrogens (tertiary/aromatic N) is 1. The molecule has 15 heavy (non-hydrogen) atoms. The van der Waals surface area contributed by atoms with E-state index in [1.807, 2.05) is 12.1 Å². The van der Waals surface area contributed by atoms with Crippen molar-refractivity contribution in [3.63, 3.8) is 0 Å². The molecule has 0 saturated heterocycles. The van der Waals surface area contributed by atoms with Crippen molar-refractivity contribution in [1.82, 2.24) is 4.98 Å². The molecule has 0 aliphatic carbocycles. The van der Waals surface area contributed by atoms with Gasteiger partial charge in [-0.25, -0.2) is 4.98 Å². The SMILES string of the molecule is CCCC(c1cccc(Cl)n1)C(C)CC. The van der Waals surface area contributed by atoms with E-state index in [0.29, 0.717) is 17.0 Å². The van der Waals surface area contributed by atoms with Crippen LogP contribution in [0.5, 0.6) is 0 Å². The Morgan fingerprint density at radius 3 is 2.60 bits per heavy atom. The minimum Gasteiger partial charge on any atom is -0.241 e. The number of halogens is 1. The smallest absolute Gasteiger partial charge is 0.129 e. The van der Waals surface area contributed by atoms with Crippen LogP contribution in [0.15, 0.2) is 18.2 Å². The second kappa shape index (κ2) is 6.12. The van der Waals surface area contributed by atoms with Crippen molar-refractivity contribution in [2.24, 2.45) is 5.92 Å². The Hall–Kier alpha value is -0.560. The fourth-order valence-corrected chi connectivity index (χ4v) is 2.12. The molecule has 1 heterocycles. The van der Waals surface area contributed by atoms with Gasteiger partial charge in [0, 0.05) is 11.6 Å². The Morgan fingerprint density at radius 1 is 1.33 bits per heavy atom. The maximum atomic E-state index is 5.93. The number of hydrogen-bond acceptors (Lipinski definition) is 1. The monoisotopic (exact) mass is 225 g/mol. The summed E-state index contributed by atoms with van der Waals surface area (Å²) in [4.78, 5) is 4.43. The van der Waals surface area contributed by atoms with Crippen LogP contribution >= 0.6 is 11.6 Å². The lowest BCUT2D eigenvalue weighted by Crippen LogP contribution is -2.10. The van der Waals surface area contributed by atoms with Crippen LogP contribution in [-0.4, -0.2) is 4.98 Å². The van der Waals surface area contributed by atoms with Gasteiger partial charge in [-0.15, -0.1) is 0 Å². The molecule has 0 saturated carbocycles. The third-order valence-corrected chi connectivity index (χ3v) is 3.26. The topological polar surface area (TPSA) is 12.9 Å². The Kier molecular flexibility index (Phi) is 5.10. The van der Waals surface area contributed by atoms with Gasteiger partial charge in [-0.2, -0.15) is 0 Å². The lowest BCUT2D eigenvalue weighted by atomic mass is 9.85. The molecule has 0 N–H and O–H groups in total. The summed E-state index contributed by atoms with van der Waals surface area (Å²) in [5.41, 5.74) is 1.15. The zero-order valence-electron chi connectivity index (χ0n) is 9.83. The van der Waals surface area contributed by atoms with Crippen LogP contribution in [0.25, 0.3) is 0 Å². The molecule has 0 spiro atoms. The third kappa shape index (κ3) is 3.49. The average Bonchev–Trinajstić information content (AvgIpc) is 2.25. The summed E-state index contributed by atoms with van der Waals surface area (Å²) < 4.78 is 0. The third-order valence-electron chi connectivity index (χ3n) is 3.05. The zero-order chi connectivity index (χ0) is 11.3. The molecule has 2 atom stereocenters. The van der Waals surface area contributed by atoms with Gasteiger partial charge in [0.2, 0.25) is 0 Å². The molecular formula is C13H20ClN. The Morgan fingerprint density at radius 2 is 2.07 bits per heavy atom. The molecule has 0 bridgehead atoms. The molecule has 2 unspecified atom stereocenters. The van der Waals surface area contributed by atoms with Crippen LogP contribution in [0.4, 0.5) is 0 Å². The average molecular weight is 226 g/mol. The van der Waals surface area contributed by atoms with E-state index in [1.54, 1.807) is 0 Å². The first-order valence-corrected chi connectivity index (χ1v) is 6.19. The van der Waals surface area contributed by atoms with Crippen LogP contribution < -0.4 is 0 Å². The van der Waals surface area contributed by atoms with Crippen LogP contribution in [0.1, 0.15) is 51.6 Å². The molecule has 0 fully saturated rings. The van der Waals surface area contributed by atoms with E-state index in [4.69, 9.17) is 11.6 Å². The molecule has 2 heteroatoms. The first-order chi connectivity index (χ1) is 7.19. The molecule has 1 rings (SSSR count). The Balaban J connectivity index is 2.88. The first kappa shape index (κ1) is 12.5. The summed E-state index contributed by atoms with van der Waals surface area (Å²) in [5, 5.41) is 0.608. The highest BCUT2D eigenvalue weighted by atomic mass is 35.5. The van der Waals surface area contributed by atoms with Gasteiger partial charge in [-0.3, -0.25) is 0 Å². The van der Waals surface area contributed by atoms with Gasteiger partial charge in [0.1, 0.15) is 5.15 Å². The van der Waals surface area contributed by atoms with Crippen molar-refractivity contribution in [3.8, 4) is 0 Å². The maximum Gasteiger partial charge on any atom is 0.129 e. The summed E-state index contributed by atoms with van der Waals surface area (Å²) in [6, 6.07) is 5.93. The lowest BCUT2D eigenvalue weighted by Gasteiger charge is -2.22. The zero-order valence-corrected chi connectivity index (χ0v) is 10.6. The molecule has 0 aliphatic heterocycles. The molecule has 0 aromatic carbocycles. The van der Waals surface area contributed by atoms with Crippen LogP contribution in [0.3, 0.4) is 0 Å². The predicted molar refractivity (Wildman–Crippen MR) is 66.4 cm³/mol. The largest absolute Gasteiger partial charge is 0.241 e. The van der Waals surface area contributed by atoms with Crippen molar-refractivity contribution in [3.05, 3.63) is 29.0 Å². The fraction of sp³-hybridized carbons (Fsp3) is 0.615. The number of rotatable bonds is 5. The number of hydrogen-bond donors (Lipinski definition) is 0. The van der Waals surface area contributed by atoms with Crippen molar-refractivity contribution in [1.29, 1.82) is 0 Å². The van der Waals surface area contributed by atoms with Gasteiger partial charge >= 0.3 is 0 Å². The molecule has 0 amide bonds. The van der Waals surface area contributed by atoms with Gasteiger partial charge < -0.3 is 0 Å². The van der Waals surface area contributed by atoms with Crippen molar-refractivity contribution >= 4 is 11.6 Å². The highest BCUT2D eigenvalue weighted by Crippen LogP contribution is 2.30. The van der Waals surface area contributed by atoms with Crippen LogP contribution in [0, 0.1) is 5.92 Å². The highest BCUT2D eigenvalue weighted by molar-refractivity contribution is 6.29. The van der Waals surface area contributed by atoms with E-state index in [-0.39, 0.29) is 0 Å². The fourth-order valence-electron chi connectivity index (χ4n) is 1.95. The van der Waals surface area contributed by atoms with E-state index in [2.05, 4.69) is 31.8 Å². The summed E-state index contributed by atoms with van der Waals surface area (Å²) in [6.45, 7) is 6.75. The van der Waals surface area contributed by atoms with E-state index in [9.17, 15) is 0 Å². The highest BCUT2D eigenvalue weighted by Gasteiger charge is 2.18. The molecule has 1 aromatic heterocycles. The van der Waals surface area contributed by atoms with Crippen LogP contribution in [-0.2, 0) is 0 Å². The summed E-state index contributed by atoms with van der Waals surface area (Å²) >= 11 is 5.93. The van der Waals surface area contributed by atoms with E-state index in [1.165, 1.54) is 19.3 Å². The molecule has 84 valence electrons. The summed E-state index contributed by atoms with van der Waals surface area (Å²) in [5.74, 6) is 1.23. The molecule has 1 aromatic rings.